The van der Waals surface area contributed by atoms with Crippen molar-refractivity contribution in [2.75, 3.05) is 39.5 Å². The van der Waals surface area contributed by atoms with Crippen molar-refractivity contribution >= 4 is 29.3 Å². The Labute approximate surface area is 143 Å². The summed E-state index contributed by atoms with van der Waals surface area (Å²) in [5, 5.41) is 6.04. The zero-order valence-corrected chi connectivity index (χ0v) is 15.2. The second kappa shape index (κ2) is 10.9. The third kappa shape index (κ3) is 8.06. The number of nitrogens with one attached hydrogen (secondary N) is 2. The van der Waals surface area contributed by atoms with Crippen molar-refractivity contribution in [1.82, 2.24) is 14.9 Å². The lowest BCUT2D eigenvalue weighted by atomic mass is 9.94. The Morgan fingerprint density at radius 2 is 2.17 bits per heavy atom. The van der Waals surface area contributed by atoms with Crippen LogP contribution in [0.1, 0.15) is 32.6 Å². The van der Waals surface area contributed by atoms with E-state index < -0.39 is 0 Å². The third-order valence-corrected chi connectivity index (χ3v) is 5.20. The van der Waals surface area contributed by atoms with Crippen LogP contribution >= 0.6 is 11.9 Å². The van der Waals surface area contributed by atoms with Gasteiger partial charge in [-0.3, -0.25) is 18.7 Å². The minimum absolute atomic E-state index is 0.00991. The highest BCUT2D eigenvalue weighted by atomic mass is 32.2. The van der Waals surface area contributed by atoms with Crippen molar-refractivity contribution < 1.29 is 14.4 Å². The summed E-state index contributed by atoms with van der Waals surface area (Å²) in [4.78, 5) is 35.6. The van der Waals surface area contributed by atoms with Crippen LogP contribution in [0, 0.1) is 5.92 Å². The largest absolute Gasteiger partial charge is 0.320 e. The Kier molecular flexibility index (Phi) is 9.62. The Morgan fingerprint density at radius 1 is 1.43 bits per heavy atom. The fraction of sp³-hybridized carbons (Fsp3) is 0.812. The molecule has 0 saturated carbocycles. The molecule has 1 saturated heterocycles. The van der Waals surface area contributed by atoms with Crippen LogP contribution in [0.25, 0.3) is 0 Å². The first-order valence-corrected chi connectivity index (χ1v) is 9.15. The van der Waals surface area contributed by atoms with Crippen LogP contribution in [-0.2, 0) is 14.4 Å². The molecule has 0 amide bonds. The summed E-state index contributed by atoms with van der Waals surface area (Å²) in [6, 6.07) is -0.282. The summed E-state index contributed by atoms with van der Waals surface area (Å²) in [5.41, 5.74) is 0. The molecule has 0 spiro atoms. The number of carbonyl (C=O) groups excluding carboxylic acids is 3. The van der Waals surface area contributed by atoms with Crippen molar-refractivity contribution in [1.29, 1.82) is 0 Å². The average Bonchev–Trinajstić information content (AvgIpc) is 2.67. The van der Waals surface area contributed by atoms with Gasteiger partial charge in [-0.05, 0) is 46.8 Å². The van der Waals surface area contributed by atoms with E-state index in [4.69, 9.17) is 0 Å². The lowest BCUT2D eigenvalue weighted by Crippen LogP contribution is -2.40. The summed E-state index contributed by atoms with van der Waals surface area (Å²) in [7, 11) is 3.82. The number of hydrogen-bond acceptors (Lipinski definition) is 7. The molecule has 1 heterocycles. The number of ketones is 3. The first-order valence-electron chi connectivity index (χ1n) is 8.21. The number of carbonyl (C=O) groups is 3. The molecule has 0 radical (unpaired) electrons. The fourth-order valence-electron chi connectivity index (χ4n) is 2.56. The van der Waals surface area contributed by atoms with Crippen molar-refractivity contribution in [2.45, 2.75) is 38.6 Å². The first-order chi connectivity index (χ1) is 10.9. The Balaban J connectivity index is 2.32. The smallest absolute Gasteiger partial charge is 0.147 e. The first kappa shape index (κ1) is 20.3. The van der Waals surface area contributed by atoms with E-state index in [9.17, 15) is 14.4 Å². The Hall–Kier alpha value is -0.760. The maximum atomic E-state index is 12.0. The quantitative estimate of drug-likeness (QED) is 0.564. The Morgan fingerprint density at radius 3 is 2.83 bits per heavy atom. The molecule has 0 aliphatic carbocycles. The van der Waals surface area contributed by atoms with Crippen LogP contribution in [0.4, 0.5) is 0 Å². The van der Waals surface area contributed by atoms with Gasteiger partial charge >= 0.3 is 0 Å². The lowest BCUT2D eigenvalue weighted by molar-refractivity contribution is -0.121. The van der Waals surface area contributed by atoms with Gasteiger partial charge in [-0.25, -0.2) is 0 Å². The van der Waals surface area contributed by atoms with Crippen LogP contribution in [0.2, 0.25) is 0 Å². The van der Waals surface area contributed by atoms with Crippen molar-refractivity contribution in [3.8, 4) is 0 Å². The van der Waals surface area contributed by atoms with Gasteiger partial charge in [0.1, 0.15) is 17.3 Å². The van der Waals surface area contributed by atoms with Gasteiger partial charge in [0.25, 0.3) is 0 Å². The molecule has 132 valence electrons. The lowest BCUT2D eigenvalue weighted by Gasteiger charge is -2.16. The highest BCUT2D eigenvalue weighted by Gasteiger charge is 2.24. The predicted molar refractivity (Wildman–Crippen MR) is 93.5 cm³/mol. The molecule has 0 aromatic carbocycles. The molecule has 1 aliphatic rings. The van der Waals surface area contributed by atoms with E-state index >= 15 is 0 Å². The van der Waals surface area contributed by atoms with Crippen LogP contribution in [0.3, 0.4) is 0 Å². The van der Waals surface area contributed by atoms with Gasteiger partial charge in [0.15, 0.2) is 0 Å². The molecule has 7 heteroatoms. The summed E-state index contributed by atoms with van der Waals surface area (Å²) in [6.07, 6.45) is 2.51. The molecular weight excluding hydrogens is 314 g/mol. The normalized spacial score (nSPS) is 21.0. The van der Waals surface area contributed by atoms with Crippen LogP contribution in [0.5, 0.6) is 0 Å². The number of nitrogens with zero attached hydrogens (tertiary/aromatic N) is 1. The second-order valence-electron chi connectivity index (χ2n) is 6.09. The van der Waals surface area contributed by atoms with E-state index in [0.29, 0.717) is 25.0 Å². The standard InChI is InChI=1S/C16H29N3O3S/c1-12(20)15(6-8-17-2)18-10-14(21)5-4-13-7-9-19(3)23-11-16(13)22/h13,15,17-18H,4-11H2,1-3H3/t13-,15+/m1/s1. The van der Waals surface area contributed by atoms with E-state index in [1.807, 2.05) is 14.1 Å². The Bertz CT molecular complexity index is 417. The third-order valence-electron chi connectivity index (χ3n) is 4.17. The molecule has 0 aromatic heterocycles. The van der Waals surface area contributed by atoms with Gasteiger partial charge in [0.05, 0.1) is 18.3 Å². The van der Waals surface area contributed by atoms with Crippen LogP contribution < -0.4 is 10.6 Å². The zero-order chi connectivity index (χ0) is 17.2. The summed E-state index contributed by atoms with van der Waals surface area (Å²) in [6.45, 7) is 3.34. The van der Waals surface area contributed by atoms with E-state index in [1.54, 1.807) is 11.9 Å². The topological polar surface area (TPSA) is 78.5 Å². The molecule has 23 heavy (non-hydrogen) atoms. The molecule has 1 fully saturated rings. The van der Waals surface area contributed by atoms with Gasteiger partial charge in [0.2, 0.25) is 0 Å². The number of rotatable bonds is 10. The molecule has 6 nitrogen and oxygen atoms in total. The molecule has 0 aromatic rings. The molecule has 0 bridgehead atoms. The minimum atomic E-state index is -0.282. The van der Waals surface area contributed by atoms with E-state index in [1.165, 1.54) is 6.92 Å². The maximum absolute atomic E-state index is 12.0. The molecule has 0 unspecified atom stereocenters. The van der Waals surface area contributed by atoms with E-state index in [0.717, 1.165) is 19.5 Å². The number of Topliss-reactive ketones (excluding diaryl/α,β-unsaturated/α-hetero) is 3. The zero-order valence-electron chi connectivity index (χ0n) is 14.4. The van der Waals surface area contributed by atoms with Gasteiger partial charge in [0, 0.05) is 18.9 Å². The highest BCUT2D eigenvalue weighted by Crippen LogP contribution is 2.22. The van der Waals surface area contributed by atoms with Crippen molar-refractivity contribution in [3.63, 3.8) is 0 Å². The molecule has 1 aliphatic heterocycles. The van der Waals surface area contributed by atoms with Gasteiger partial charge < -0.3 is 10.6 Å². The number of hydrogen-bond donors (Lipinski definition) is 2. The summed E-state index contributed by atoms with van der Waals surface area (Å²) in [5.74, 6) is 0.857. The molecule has 2 N–H and O–H groups in total. The predicted octanol–water partition coefficient (Wildman–Crippen LogP) is 0.661. The SMILES string of the molecule is CNCC[C@H](NCC(=O)CC[C@@H]1CCN(C)SCC1=O)C(C)=O. The van der Waals surface area contributed by atoms with Gasteiger partial charge in [-0.2, -0.15) is 0 Å². The molecule has 2 atom stereocenters. The second-order valence-corrected chi connectivity index (χ2v) is 7.26. The van der Waals surface area contributed by atoms with Crippen molar-refractivity contribution in [3.05, 3.63) is 0 Å². The highest BCUT2D eigenvalue weighted by molar-refractivity contribution is 7.97. The van der Waals surface area contributed by atoms with Crippen molar-refractivity contribution in [2.24, 2.45) is 5.92 Å². The monoisotopic (exact) mass is 343 g/mol. The molecule has 1 rings (SSSR count). The minimum Gasteiger partial charge on any atom is -0.320 e. The molecular formula is C16H29N3O3S. The summed E-state index contributed by atoms with van der Waals surface area (Å²) < 4.78 is 2.08. The van der Waals surface area contributed by atoms with Gasteiger partial charge in [-0.1, -0.05) is 11.9 Å². The fourth-order valence-corrected chi connectivity index (χ4v) is 3.38. The van der Waals surface area contributed by atoms with Crippen LogP contribution in [0.15, 0.2) is 0 Å². The summed E-state index contributed by atoms with van der Waals surface area (Å²) >= 11 is 1.55. The van der Waals surface area contributed by atoms with E-state index in [2.05, 4.69) is 14.9 Å². The average molecular weight is 343 g/mol. The van der Waals surface area contributed by atoms with E-state index in [-0.39, 0.29) is 35.9 Å². The van der Waals surface area contributed by atoms with Gasteiger partial charge in [-0.15, -0.1) is 0 Å². The van der Waals surface area contributed by atoms with Crippen LogP contribution in [-0.4, -0.2) is 67.2 Å². The maximum Gasteiger partial charge on any atom is 0.147 e.